The van der Waals surface area contributed by atoms with E-state index in [1.165, 1.54) is 19.3 Å². The van der Waals surface area contributed by atoms with Crippen LogP contribution in [0.5, 0.6) is 0 Å². The highest BCUT2D eigenvalue weighted by molar-refractivity contribution is 5.84. The Morgan fingerprint density at radius 2 is 1.77 bits per heavy atom. The minimum atomic E-state index is -0.614. The molecule has 3 N–H and O–H groups in total. The van der Waals surface area contributed by atoms with E-state index >= 15 is 0 Å². The van der Waals surface area contributed by atoms with E-state index in [-0.39, 0.29) is 18.6 Å². The molecule has 0 aromatic heterocycles. The van der Waals surface area contributed by atoms with Gasteiger partial charge in [-0.1, -0.05) is 44.4 Å². The number of hydrogen-bond donors (Lipinski definition) is 3. The van der Waals surface area contributed by atoms with E-state index in [1.54, 1.807) is 0 Å². The Kier molecular flexibility index (Phi) is 7.10. The fourth-order valence-electron chi connectivity index (χ4n) is 3.99. The number of benzene rings is 1. The largest absolute Gasteiger partial charge is 0.394 e. The molecule has 2 rings (SSSR count). The fourth-order valence-corrected chi connectivity index (χ4v) is 3.99. The van der Waals surface area contributed by atoms with Gasteiger partial charge in [0, 0.05) is 11.7 Å². The van der Waals surface area contributed by atoms with Gasteiger partial charge in [0.15, 0.2) is 0 Å². The van der Waals surface area contributed by atoms with Gasteiger partial charge in [0.2, 0.25) is 5.91 Å². The monoisotopic (exact) mass is 360 g/mol. The number of nitrogens with one attached hydrogen (secondary N) is 2. The zero-order valence-electron chi connectivity index (χ0n) is 16.8. The lowest BCUT2D eigenvalue weighted by Crippen LogP contribution is -2.58. The van der Waals surface area contributed by atoms with Crippen molar-refractivity contribution in [3.63, 3.8) is 0 Å². The van der Waals surface area contributed by atoms with Crippen molar-refractivity contribution in [1.29, 1.82) is 0 Å². The lowest BCUT2D eigenvalue weighted by Gasteiger charge is -2.44. The number of anilines is 1. The predicted octanol–water partition coefficient (Wildman–Crippen LogP) is 4.35. The number of hydrogen-bond acceptors (Lipinski definition) is 3. The molecule has 1 amide bonds. The van der Waals surface area contributed by atoms with Crippen LogP contribution in [0.2, 0.25) is 0 Å². The molecular formula is C22H36N2O2. The first kappa shape index (κ1) is 20.8. The van der Waals surface area contributed by atoms with E-state index in [4.69, 9.17) is 0 Å². The van der Waals surface area contributed by atoms with Crippen molar-refractivity contribution >= 4 is 11.6 Å². The Morgan fingerprint density at radius 1 is 1.15 bits per heavy atom. The van der Waals surface area contributed by atoms with E-state index in [9.17, 15) is 9.90 Å². The van der Waals surface area contributed by atoms with Gasteiger partial charge in [-0.2, -0.15) is 0 Å². The molecule has 1 fully saturated rings. The van der Waals surface area contributed by atoms with Gasteiger partial charge < -0.3 is 15.7 Å². The lowest BCUT2D eigenvalue weighted by molar-refractivity contribution is -0.134. The number of para-hydroxylation sites is 1. The zero-order chi connectivity index (χ0) is 19.2. The first-order valence-electron chi connectivity index (χ1n) is 10.1. The summed E-state index contributed by atoms with van der Waals surface area (Å²) < 4.78 is 0. The molecule has 2 atom stereocenters. The van der Waals surface area contributed by atoms with Crippen LogP contribution in [0, 0.1) is 11.3 Å². The first-order valence-corrected chi connectivity index (χ1v) is 10.1. The molecular weight excluding hydrogens is 324 g/mol. The Morgan fingerprint density at radius 3 is 2.31 bits per heavy atom. The maximum atomic E-state index is 13.3. The summed E-state index contributed by atoms with van der Waals surface area (Å²) in [5.41, 5.74) is -0.0845. The Balaban J connectivity index is 2.31. The highest BCUT2D eigenvalue weighted by Gasteiger charge is 2.45. The molecule has 0 aliphatic heterocycles. The maximum absolute atomic E-state index is 13.3. The summed E-state index contributed by atoms with van der Waals surface area (Å²) in [6, 6.07) is 10.3. The Bertz CT molecular complexity index is 567. The summed E-state index contributed by atoms with van der Waals surface area (Å²) >= 11 is 0. The minimum absolute atomic E-state index is 0.0260. The third kappa shape index (κ3) is 5.00. The zero-order valence-corrected chi connectivity index (χ0v) is 16.8. The van der Waals surface area contributed by atoms with Crippen molar-refractivity contribution in [3.8, 4) is 0 Å². The Labute approximate surface area is 158 Å². The highest BCUT2D eigenvalue weighted by Crippen LogP contribution is 2.39. The van der Waals surface area contributed by atoms with Crippen molar-refractivity contribution in [3.05, 3.63) is 30.3 Å². The Hall–Kier alpha value is -1.55. The van der Waals surface area contributed by atoms with Crippen LogP contribution in [0.1, 0.15) is 66.2 Å². The molecule has 0 saturated heterocycles. The van der Waals surface area contributed by atoms with Crippen molar-refractivity contribution in [1.82, 2.24) is 5.32 Å². The molecule has 1 aromatic carbocycles. The SMILES string of the molecule is CCC(C)(C(=O)NC(C)(C)CO)C(Nc1ccccc1)C1CCCCC1. The molecule has 0 spiro atoms. The number of aliphatic hydroxyl groups is 1. The number of amides is 1. The van der Waals surface area contributed by atoms with Crippen LogP contribution in [0.25, 0.3) is 0 Å². The average molecular weight is 361 g/mol. The van der Waals surface area contributed by atoms with Crippen molar-refractivity contribution in [2.24, 2.45) is 11.3 Å². The number of carbonyl (C=O) groups excluding carboxylic acids is 1. The molecule has 1 aliphatic rings. The van der Waals surface area contributed by atoms with Crippen LogP contribution in [-0.2, 0) is 4.79 Å². The third-order valence-corrected chi connectivity index (χ3v) is 6.00. The fraction of sp³-hybridized carbons (Fsp3) is 0.682. The van der Waals surface area contributed by atoms with E-state index in [0.29, 0.717) is 5.92 Å². The third-order valence-electron chi connectivity index (χ3n) is 6.00. The normalized spacial score (nSPS) is 19.4. The van der Waals surface area contributed by atoms with E-state index in [1.807, 2.05) is 32.0 Å². The second-order valence-electron chi connectivity index (χ2n) is 8.65. The van der Waals surface area contributed by atoms with Crippen LogP contribution in [0.3, 0.4) is 0 Å². The summed E-state index contributed by atoms with van der Waals surface area (Å²) in [6.07, 6.45) is 6.85. The van der Waals surface area contributed by atoms with Crippen LogP contribution < -0.4 is 10.6 Å². The second kappa shape index (κ2) is 8.90. The smallest absolute Gasteiger partial charge is 0.228 e. The maximum Gasteiger partial charge on any atom is 0.228 e. The second-order valence-corrected chi connectivity index (χ2v) is 8.65. The van der Waals surface area contributed by atoms with Crippen LogP contribution >= 0.6 is 0 Å². The quantitative estimate of drug-likeness (QED) is 0.646. The molecule has 0 heterocycles. The molecule has 26 heavy (non-hydrogen) atoms. The molecule has 0 bridgehead atoms. The molecule has 1 aromatic rings. The highest BCUT2D eigenvalue weighted by atomic mass is 16.3. The van der Waals surface area contributed by atoms with Crippen molar-refractivity contribution < 1.29 is 9.90 Å². The van der Waals surface area contributed by atoms with E-state index in [2.05, 4.69) is 36.6 Å². The summed E-state index contributed by atoms with van der Waals surface area (Å²) in [5.74, 6) is 0.509. The number of carbonyl (C=O) groups is 1. The van der Waals surface area contributed by atoms with Crippen LogP contribution in [-0.4, -0.2) is 29.2 Å². The molecule has 2 unspecified atom stereocenters. The molecule has 1 saturated carbocycles. The molecule has 4 nitrogen and oxygen atoms in total. The minimum Gasteiger partial charge on any atom is -0.394 e. The van der Waals surface area contributed by atoms with Gasteiger partial charge in [-0.25, -0.2) is 0 Å². The molecule has 146 valence electrons. The molecule has 0 radical (unpaired) electrons. The van der Waals surface area contributed by atoms with Gasteiger partial charge in [0.1, 0.15) is 0 Å². The molecule has 4 heteroatoms. The predicted molar refractivity (Wildman–Crippen MR) is 108 cm³/mol. The van der Waals surface area contributed by atoms with Crippen molar-refractivity contribution in [2.45, 2.75) is 77.8 Å². The van der Waals surface area contributed by atoms with Crippen molar-refractivity contribution in [2.75, 3.05) is 11.9 Å². The van der Waals surface area contributed by atoms with Crippen LogP contribution in [0.4, 0.5) is 5.69 Å². The molecule has 1 aliphatic carbocycles. The van der Waals surface area contributed by atoms with Gasteiger partial charge in [-0.15, -0.1) is 0 Å². The van der Waals surface area contributed by atoms with Gasteiger partial charge in [0.25, 0.3) is 0 Å². The average Bonchev–Trinajstić information content (AvgIpc) is 2.66. The van der Waals surface area contributed by atoms with Gasteiger partial charge >= 0.3 is 0 Å². The standard InChI is InChI=1S/C22H36N2O2/c1-5-22(4,20(26)24-21(2,3)16-25)19(17-12-8-6-9-13-17)23-18-14-10-7-11-15-18/h7,10-11,14-15,17,19,23,25H,5-6,8-9,12-13,16H2,1-4H3,(H,24,26). The van der Waals surface area contributed by atoms with Crippen LogP contribution in [0.15, 0.2) is 30.3 Å². The summed E-state index contributed by atoms with van der Waals surface area (Å²) in [5, 5.41) is 16.3. The van der Waals surface area contributed by atoms with Gasteiger partial charge in [-0.3, -0.25) is 4.79 Å². The summed E-state index contributed by atoms with van der Waals surface area (Å²) in [4.78, 5) is 13.3. The van der Waals surface area contributed by atoms with Gasteiger partial charge in [0.05, 0.1) is 17.6 Å². The number of rotatable bonds is 8. The van der Waals surface area contributed by atoms with E-state index < -0.39 is 11.0 Å². The first-order chi connectivity index (χ1) is 12.3. The lowest BCUT2D eigenvalue weighted by atomic mass is 9.68. The number of aliphatic hydroxyl groups excluding tert-OH is 1. The van der Waals surface area contributed by atoms with E-state index in [0.717, 1.165) is 24.9 Å². The summed E-state index contributed by atoms with van der Waals surface area (Å²) in [6.45, 7) is 7.82. The topological polar surface area (TPSA) is 61.4 Å². The van der Waals surface area contributed by atoms with Gasteiger partial charge in [-0.05, 0) is 58.1 Å². The summed E-state index contributed by atoms with van der Waals surface area (Å²) in [7, 11) is 0.